The Kier molecular flexibility index (Phi) is 6.42. The summed E-state index contributed by atoms with van der Waals surface area (Å²) in [5, 5.41) is 8.32. The van der Waals surface area contributed by atoms with E-state index in [2.05, 4.69) is 43.1 Å². The third-order valence-electron chi connectivity index (χ3n) is 4.68. The molecule has 1 aromatic heterocycles. The average Bonchev–Trinajstić information content (AvgIpc) is 3.17. The van der Waals surface area contributed by atoms with Crippen molar-refractivity contribution in [2.75, 3.05) is 11.4 Å². The minimum atomic E-state index is -0.341. The standard InChI is InChI=1S/C23H27N3O2S/c1-6-26(19-10-8-7-9-11-19)21(27)16(2)29-22-25-24-20(28-22)17-12-14-18(15-13-17)23(3,4)5/h7-16H,6H2,1-5H3/t16-/m1/s1. The van der Waals surface area contributed by atoms with Crippen molar-refractivity contribution in [1.82, 2.24) is 10.2 Å². The summed E-state index contributed by atoms with van der Waals surface area (Å²) in [6.07, 6.45) is 0. The van der Waals surface area contributed by atoms with Gasteiger partial charge in [0, 0.05) is 17.8 Å². The number of benzene rings is 2. The highest BCUT2D eigenvalue weighted by Crippen LogP contribution is 2.29. The van der Waals surface area contributed by atoms with E-state index in [0.717, 1.165) is 11.3 Å². The van der Waals surface area contributed by atoms with Crippen LogP contribution >= 0.6 is 11.8 Å². The molecule has 0 N–H and O–H groups in total. The number of nitrogens with zero attached hydrogens (tertiary/aromatic N) is 3. The maximum Gasteiger partial charge on any atom is 0.277 e. The van der Waals surface area contributed by atoms with Crippen LogP contribution in [0.15, 0.2) is 64.2 Å². The molecule has 0 aliphatic carbocycles. The lowest BCUT2D eigenvalue weighted by Gasteiger charge is -2.23. The molecule has 0 radical (unpaired) electrons. The zero-order chi connectivity index (χ0) is 21.0. The Morgan fingerprint density at radius 3 is 2.31 bits per heavy atom. The number of hydrogen-bond donors (Lipinski definition) is 0. The van der Waals surface area contributed by atoms with E-state index in [9.17, 15) is 4.79 Å². The molecule has 0 aliphatic rings. The van der Waals surface area contributed by atoms with E-state index in [4.69, 9.17) is 4.42 Å². The van der Waals surface area contributed by atoms with Gasteiger partial charge in [0.1, 0.15) is 0 Å². The SMILES string of the molecule is CCN(C(=O)[C@@H](C)Sc1nnc(-c2ccc(C(C)(C)C)cc2)o1)c1ccccc1. The van der Waals surface area contributed by atoms with Gasteiger partial charge in [-0.15, -0.1) is 10.2 Å². The quantitative estimate of drug-likeness (QED) is 0.498. The summed E-state index contributed by atoms with van der Waals surface area (Å²) in [7, 11) is 0. The molecular weight excluding hydrogens is 382 g/mol. The molecule has 0 saturated heterocycles. The van der Waals surface area contributed by atoms with Crippen molar-refractivity contribution >= 4 is 23.4 Å². The van der Waals surface area contributed by atoms with Gasteiger partial charge in [0.25, 0.3) is 5.22 Å². The molecule has 5 nitrogen and oxygen atoms in total. The first kappa shape index (κ1) is 21.1. The summed E-state index contributed by atoms with van der Waals surface area (Å²) in [6.45, 7) is 11.0. The maximum atomic E-state index is 12.9. The van der Waals surface area contributed by atoms with Crippen molar-refractivity contribution in [2.45, 2.75) is 50.5 Å². The largest absolute Gasteiger partial charge is 0.411 e. The number of anilines is 1. The minimum absolute atomic E-state index is 0.0120. The second kappa shape index (κ2) is 8.82. The van der Waals surface area contributed by atoms with Gasteiger partial charge in [-0.05, 0) is 49.1 Å². The Bertz CT molecular complexity index is 946. The molecule has 0 aliphatic heterocycles. The summed E-state index contributed by atoms with van der Waals surface area (Å²) in [6, 6.07) is 17.8. The number of rotatable bonds is 6. The molecule has 1 atom stereocenters. The molecule has 0 spiro atoms. The normalized spacial score (nSPS) is 12.6. The second-order valence-electron chi connectivity index (χ2n) is 7.88. The van der Waals surface area contributed by atoms with Crippen molar-refractivity contribution < 1.29 is 9.21 Å². The summed E-state index contributed by atoms with van der Waals surface area (Å²) >= 11 is 1.28. The summed E-state index contributed by atoms with van der Waals surface area (Å²) < 4.78 is 5.81. The average molecular weight is 410 g/mol. The van der Waals surface area contributed by atoms with Gasteiger partial charge in [0.05, 0.1) is 5.25 Å². The van der Waals surface area contributed by atoms with Crippen molar-refractivity contribution in [1.29, 1.82) is 0 Å². The molecule has 6 heteroatoms. The molecule has 1 amide bonds. The van der Waals surface area contributed by atoms with Crippen LogP contribution in [-0.4, -0.2) is 27.9 Å². The van der Waals surface area contributed by atoms with Crippen molar-refractivity contribution in [3.63, 3.8) is 0 Å². The van der Waals surface area contributed by atoms with Gasteiger partial charge < -0.3 is 9.32 Å². The number of hydrogen-bond acceptors (Lipinski definition) is 5. The van der Waals surface area contributed by atoms with Crippen LogP contribution in [-0.2, 0) is 10.2 Å². The monoisotopic (exact) mass is 409 g/mol. The Morgan fingerprint density at radius 2 is 1.72 bits per heavy atom. The van der Waals surface area contributed by atoms with Crippen molar-refractivity contribution in [3.8, 4) is 11.5 Å². The molecular formula is C23H27N3O2S. The van der Waals surface area contributed by atoms with E-state index in [1.165, 1.54) is 17.3 Å². The number of thioether (sulfide) groups is 1. The van der Waals surface area contributed by atoms with Crippen LogP contribution < -0.4 is 4.90 Å². The van der Waals surface area contributed by atoms with Gasteiger partial charge in [-0.3, -0.25) is 4.79 Å². The predicted octanol–water partition coefficient (Wildman–Crippen LogP) is 5.57. The lowest BCUT2D eigenvalue weighted by molar-refractivity contribution is -0.117. The number of carbonyl (C=O) groups excluding carboxylic acids is 1. The van der Waals surface area contributed by atoms with Crippen LogP contribution in [0.4, 0.5) is 5.69 Å². The van der Waals surface area contributed by atoms with E-state index in [0.29, 0.717) is 17.7 Å². The second-order valence-corrected chi connectivity index (χ2v) is 9.17. The molecule has 0 saturated carbocycles. The molecule has 0 fully saturated rings. The zero-order valence-corrected chi connectivity index (χ0v) is 18.4. The first-order valence-electron chi connectivity index (χ1n) is 9.77. The van der Waals surface area contributed by atoms with Gasteiger partial charge in [-0.25, -0.2) is 0 Å². The fourth-order valence-electron chi connectivity index (χ4n) is 2.98. The number of amides is 1. The topological polar surface area (TPSA) is 59.2 Å². The van der Waals surface area contributed by atoms with Crippen LogP contribution in [0.1, 0.15) is 40.2 Å². The molecule has 152 valence electrons. The van der Waals surface area contributed by atoms with Gasteiger partial charge in [-0.1, -0.05) is 62.9 Å². The Balaban J connectivity index is 1.70. The predicted molar refractivity (Wildman–Crippen MR) is 118 cm³/mol. The maximum absolute atomic E-state index is 12.9. The zero-order valence-electron chi connectivity index (χ0n) is 17.5. The third-order valence-corrected chi connectivity index (χ3v) is 5.60. The lowest BCUT2D eigenvalue weighted by Crippen LogP contribution is -2.36. The fraction of sp³-hybridized carbons (Fsp3) is 0.348. The van der Waals surface area contributed by atoms with Crippen LogP contribution in [0.3, 0.4) is 0 Å². The smallest absolute Gasteiger partial charge is 0.277 e. The highest BCUT2D eigenvalue weighted by Gasteiger charge is 2.24. The molecule has 1 heterocycles. The van der Waals surface area contributed by atoms with Crippen LogP contribution in [0.25, 0.3) is 11.5 Å². The van der Waals surface area contributed by atoms with Gasteiger partial charge in [0.2, 0.25) is 11.8 Å². The first-order chi connectivity index (χ1) is 13.8. The number of para-hydroxylation sites is 1. The third kappa shape index (κ3) is 5.07. The minimum Gasteiger partial charge on any atom is -0.411 e. The highest BCUT2D eigenvalue weighted by atomic mass is 32.2. The van der Waals surface area contributed by atoms with Crippen LogP contribution in [0.5, 0.6) is 0 Å². The molecule has 2 aromatic carbocycles. The van der Waals surface area contributed by atoms with E-state index in [1.54, 1.807) is 4.90 Å². The van der Waals surface area contributed by atoms with Gasteiger partial charge in [0.15, 0.2) is 0 Å². The highest BCUT2D eigenvalue weighted by molar-refractivity contribution is 8.00. The summed E-state index contributed by atoms with van der Waals surface area (Å²) in [4.78, 5) is 14.7. The van der Waals surface area contributed by atoms with E-state index in [-0.39, 0.29) is 16.6 Å². The Hall–Kier alpha value is -2.60. The fourth-order valence-corrected chi connectivity index (χ4v) is 3.73. The molecule has 3 aromatic rings. The van der Waals surface area contributed by atoms with E-state index >= 15 is 0 Å². The van der Waals surface area contributed by atoms with Crippen molar-refractivity contribution in [3.05, 3.63) is 60.2 Å². The van der Waals surface area contributed by atoms with Crippen LogP contribution in [0.2, 0.25) is 0 Å². The number of aromatic nitrogens is 2. The summed E-state index contributed by atoms with van der Waals surface area (Å²) in [5.74, 6) is 0.473. The lowest BCUT2D eigenvalue weighted by atomic mass is 9.87. The first-order valence-corrected chi connectivity index (χ1v) is 10.6. The number of carbonyl (C=O) groups is 1. The molecule has 3 rings (SSSR count). The Labute approximate surface area is 176 Å². The van der Waals surface area contributed by atoms with E-state index in [1.807, 2.05) is 56.3 Å². The van der Waals surface area contributed by atoms with E-state index < -0.39 is 0 Å². The van der Waals surface area contributed by atoms with Crippen molar-refractivity contribution in [2.24, 2.45) is 0 Å². The summed E-state index contributed by atoms with van der Waals surface area (Å²) in [5.41, 5.74) is 3.09. The Morgan fingerprint density at radius 1 is 1.07 bits per heavy atom. The van der Waals surface area contributed by atoms with Crippen LogP contribution in [0, 0.1) is 0 Å². The van der Waals surface area contributed by atoms with Gasteiger partial charge in [-0.2, -0.15) is 0 Å². The van der Waals surface area contributed by atoms with Gasteiger partial charge >= 0.3 is 0 Å². The molecule has 0 unspecified atom stereocenters. The molecule has 29 heavy (non-hydrogen) atoms. The molecule has 0 bridgehead atoms.